The van der Waals surface area contributed by atoms with Gasteiger partial charge in [0.15, 0.2) is 0 Å². The van der Waals surface area contributed by atoms with Crippen molar-refractivity contribution in [3.8, 4) is 0 Å². The normalized spacial score (nSPS) is 13.7. The Bertz CT molecular complexity index is 193. The standard InChI is InChI=1S/C10H22N2O3/c1-4-8(2)11-5-9(15)12-10(3,6-13)7-14/h8,11,13-14H,4-7H2,1-3H3,(H,12,15). The van der Waals surface area contributed by atoms with Crippen LogP contribution >= 0.6 is 0 Å². The van der Waals surface area contributed by atoms with Gasteiger partial charge in [-0.15, -0.1) is 0 Å². The van der Waals surface area contributed by atoms with E-state index >= 15 is 0 Å². The molecule has 5 heteroatoms. The topological polar surface area (TPSA) is 81.6 Å². The minimum absolute atomic E-state index is 0.199. The summed E-state index contributed by atoms with van der Waals surface area (Å²) in [6.07, 6.45) is 0.949. The average Bonchev–Trinajstić information content (AvgIpc) is 2.25. The monoisotopic (exact) mass is 218 g/mol. The minimum atomic E-state index is -0.936. The Morgan fingerprint density at radius 3 is 2.33 bits per heavy atom. The summed E-state index contributed by atoms with van der Waals surface area (Å²) >= 11 is 0. The van der Waals surface area contributed by atoms with Crippen molar-refractivity contribution < 1.29 is 15.0 Å². The molecule has 5 nitrogen and oxygen atoms in total. The van der Waals surface area contributed by atoms with Crippen LogP contribution in [0.5, 0.6) is 0 Å². The van der Waals surface area contributed by atoms with Crippen LogP contribution in [-0.4, -0.2) is 47.5 Å². The Balaban J connectivity index is 3.92. The highest BCUT2D eigenvalue weighted by Crippen LogP contribution is 1.99. The molecule has 0 fully saturated rings. The van der Waals surface area contributed by atoms with Crippen LogP contribution in [0.3, 0.4) is 0 Å². The number of hydrogen-bond donors (Lipinski definition) is 4. The number of carbonyl (C=O) groups excluding carboxylic acids is 1. The highest BCUT2D eigenvalue weighted by atomic mass is 16.3. The molecule has 0 heterocycles. The summed E-state index contributed by atoms with van der Waals surface area (Å²) in [4.78, 5) is 11.4. The van der Waals surface area contributed by atoms with E-state index in [2.05, 4.69) is 10.6 Å². The molecule has 0 radical (unpaired) electrons. The molecule has 0 aliphatic heterocycles. The Kier molecular flexibility index (Phi) is 6.47. The molecule has 4 N–H and O–H groups in total. The maximum absolute atomic E-state index is 11.4. The van der Waals surface area contributed by atoms with Crippen molar-refractivity contribution in [2.45, 2.75) is 38.8 Å². The van der Waals surface area contributed by atoms with Crippen LogP contribution < -0.4 is 10.6 Å². The van der Waals surface area contributed by atoms with Gasteiger partial charge in [0.1, 0.15) is 0 Å². The molecule has 15 heavy (non-hydrogen) atoms. The lowest BCUT2D eigenvalue weighted by Gasteiger charge is -2.26. The van der Waals surface area contributed by atoms with Gasteiger partial charge in [0.2, 0.25) is 5.91 Å². The van der Waals surface area contributed by atoms with E-state index in [4.69, 9.17) is 10.2 Å². The molecule has 0 saturated heterocycles. The quantitative estimate of drug-likeness (QED) is 0.452. The van der Waals surface area contributed by atoms with Gasteiger partial charge in [-0.2, -0.15) is 0 Å². The predicted molar refractivity (Wildman–Crippen MR) is 58.5 cm³/mol. The first-order valence-electron chi connectivity index (χ1n) is 5.23. The zero-order valence-electron chi connectivity index (χ0n) is 9.71. The number of aliphatic hydroxyl groups excluding tert-OH is 2. The smallest absolute Gasteiger partial charge is 0.234 e. The Labute approximate surface area is 90.9 Å². The third-order valence-corrected chi connectivity index (χ3v) is 2.36. The lowest BCUT2D eigenvalue weighted by atomic mass is 10.1. The lowest BCUT2D eigenvalue weighted by molar-refractivity contribution is -0.123. The number of hydrogen-bond acceptors (Lipinski definition) is 4. The molecule has 0 bridgehead atoms. The van der Waals surface area contributed by atoms with E-state index in [1.165, 1.54) is 0 Å². The molecule has 0 aromatic heterocycles. The molecule has 0 aliphatic rings. The highest BCUT2D eigenvalue weighted by molar-refractivity contribution is 5.78. The van der Waals surface area contributed by atoms with Gasteiger partial charge in [-0.1, -0.05) is 6.92 Å². The molecule has 0 aliphatic carbocycles. The molecular formula is C10H22N2O3. The molecule has 0 aromatic rings. The molecular weight excluding hydrogens is 196 g/mol. The Hall–Kier alpha value is -0.650. The summed E-state index contributed by atoms with van der Waals surface area (Å²) in [5.41, 5.74) is -0.936. The van der Waals surface area contributed by atoms with Crippen molar-refractivity contribution in [1.29, 1.82) is 0 Å². The maximum Gasteiger partial charge on any atom is 0.234 e. The fourth-order valence-electron chi connectivity index (χ4n) is 0.921. The van der Waals surface area contributed by atoms with E-state index in [0.29, 0.717) is 0 Å². The zero-order valence-corrected chi connectivity index (χ0v) is 9.71. The van der Waals surface area contributed by atoms with Crippen molar-refractivity contribution in [3.05, 3.63) is 0 Å². The van der Waals surface area contributed by atoms with Crippen molar-refractivity contribution >= 4 is 5.91 Å². The SMILES string of the molecule is CCC(C)NCC(=O)NC(C)(CO)CO. The van der Waals surface area contributed by atoms with E-state index in [0.717, 1.165) is 6.42 Å². The summed E-state index contributed by atoms with van der Waals surface area (Å²) in [7, 11) is 0. The molecule has 1 unspecified atom stereocenters. The average molecular weight is 218 g/mol. The number of rotatable bonds is 7. The third kappa shape index (κ3) is 5.71. The highest BCUT2D eigenvalue weighted by Gasteiger charge is 2.24. The number of carbonyl (C=O) groups is 1. The lowest BCUT2D eigenvalue weighted by Crippen LogP contribution is -2.54. The van der Waals surface area contributed by atoms with Crippen molar-refractivity contribution in [3.63, 3.8) is 0 Å². The first-order chi connectivity index (χ1) is 6.97. The van der Waals surface area contributed by atoms with E-state index in [-0.39, 0.29) is 31.7 Å². The van der Waals surface area contributed by atoms with Gasteiger partial charge < -0.3 is 20.8 Å². The fourth-order valence-corrected chi connectivity index (χ4v) is 0.921. The van der Waals surface area contributed by atoms with Gasteiger partial charge >= 0.3 is 0 Å². The van der Waals surface area contributed by atoms with Crippen molar-refractivity contribution in [1.82, 2.24) is 10.6 Å². The van der Waals surface area contributed by atoms with Crippen LogP contribution in [0.25, 0.3) is 0 Å². The maximum atomic E-state index is 11.4. The van der Waals surface area contributed by atoms with Crippen LogP contribution in [0.15, 0.2) is 0 Å². The van der Waals surface area contributed by atoms with Crippen LogP contribution in [0, 0.1) is 0 Å². The van der Waals surface area contributed by atoms with Crippen LogP contribution in [-0.2, 0) is 4.79 Å². The molecule has 0 saturated carbocycles. The van der Waals surface area contributed by atoms with Gasteiger partial charge in [0.05, 0.1) is 25.3 Å². The summed E-state index contributed by atoms with van der Waals surface area (Å²) in [6.45, 7) is 5.25. The predicted octanol–water partition coefficient (Wildman–Crippen LogP) is -0.766. The zero-order chi connectivity index (χ0) is 11.9. The molecule has 90 valence electrons. The molecule has 0 spiro atoms. The van der Waals surface area contributed by atoms with Crippen LogP contribution in [0.2, 0.25) is 0 Å². The molecule has 1 atom stereocenters. The summed E-state index contributed by atoms with van der Waals surface area (Å²) in [5.74, 6) is -0.221. The van der Waals surface area contributed by atoms with Crippen molar-refractivity contribution in [2.75, 3.05) is 19.8 Å². The first-order valence-corrected chi connectivity index (χ1v) is 5.23. The largest absolute Gasteiger partial charge is 0.394 e. The van der Waals surface area contributed by atoms with Crippen LogP contribution in [0.1, 0.15) is 27.2 Å². The van der Waals surface area contributed by atoms with Crippen molar-refractivity contribution in [2.24, 2.45) is 0 Å². The summed E-state index contributed by atoms with van der Waals surface area (Å²) < 4.78 is 0. The van der Waals surface area contributed by atoms with E-state index in [1.54, 1.807) is 6.92 Å². The second-order valence-electron chi connectivity index (χ2n) is 4.12. The molecule has 0 aromatic carbocycles. The summed E-state index contributed by atoms with van der Waals surface area (Å²) in [5, 5.41) is 23.5. The Morgan fingerprint density at radius 1 is 1.40 bits per heavy atom. The second kappa shape index (κ2) is 6.76. The number of aliphatic hydroxyl groups is 2. The van der Waals surface area contributed by atoms with E-state index < -0.39 is 5.54 Å². The fraction of sp³-hybridized carbons (Fsp3) is 0.900. The van der Waals surface area contributed by atoms with E-state index in [1.807, 2.05) is 13.8 Å². The number of amides is 1. The first kappa shape index (κ1) is 14.3. The van der Waals surface area contributed by atoms with Gasteiger partial charge in [0.25, 0.3) is 0 Å². The van der Waals surface area contributed by atoms with Gasteiger partial charge in [0, 0.05) is 6.04 Å². The van der Waals surface area contributed by atoms with Crippen LogP contribution in [0.4, 0.5) is 0 Å². The number of nitrogens with one attached hydrogen (secondary N) is 2. The van der Waals surface area contributed by atoms with E-state index in [9.17, 15) is 4.79 Å². The Morgan fingerprint density at radius 2 is 1.93 bits per heavy atom. The molecule has 0 rings (SSSR count). The summed E-state index contributed by atoms with van der Waals surface area (Å²) in [6, 6.07) is 0.283. The third-order valence-electron chi connectivity index (χ3n) is 2.36. The van der Waals surface area contributed by atoms with Gasteiger partial charge in [-0.05, 0) is 20.3 Å². The second-order valence-corrected chi connectivity index (χ2v) is 4.12. The van der Waals surface area contributed by atoms with Gasteiger partial charge in [-0.25, -0.2) is 0 Å². The molecule has 1 amide bonds. The van der Waals surface area contributed by atoms with Gasteiger partial charge in [-0.3, -0.25) is 4.79 Å². The minimum Gasteiger partial charge on any atom is -0.394 e.